The molecule has 196 valence electrons. The molecule has 0 aliphatic rings. The molecule has 0 fully saturated rings. The Morgan fingerprint density at radius 3 is 2.03 bits per heavy atom. The van der Waals surface area contributed by atoms with Crippen molar-refractivity contribution >= 4 is 36.1 Å². The van der Waals surface area contributed by atoms with Crippen molar-refractivity contribution < 1.29 is 29.5 Å². The molecule has 6 N–H and O–H groups in total. The zero-order chi connectivity index (χ0) is 25.9. The van der Waals surface area contributed by atoms with Crippen molar-refractivity contribution in [2.24, 2.45) is 0 Å². The summed E-state index contributed by atoms with van der Waals surface area (Å²) in [5.41, 5.74) is 0.907. The summed E-state index contributed by atoms with van der Waals surface area (Å²) in [7, 11) is 0.0856. The molecule has 1 aromatic rings. The van der Waals surface area contributed by atoms with Gasteiger partial charge in [-0.3, -0.25) is 14.4 Å². The molecule has 0 aliphatic carbocycles. The van der Waals surface area contributed by atoms with E-state index >= 15 is 0 Å². The lowest BCUT2D eigenvalue weighted by Crippen LogP contribution is -2.33. The lowest BCUT2D eigenvalue weighted by molar-refractivity contribution is -0.139. The number of hydrogen-bond acceptors (Lipinski definition) is 6. The lowest BCUT2D eigenvalue weighted by atomic mass is 9.80. The van der Waals surface area contributed by atoms with Crippen molar-refractivity contribution in [1.82, 2.24) is 10.6 Å². The molecule has 1 aromatic carbocycles. The van der Waals surface area contributed by atoms with E-state index in [0.717, 1.165) is 64.2 Å². The second-order valence-electron chi connectivity index (χ2n) is 8.90. The van der Waals surface area contributed by atoms with Gasteiger partial charge in [0, 0.05) is 25.1 Å². The van der Waals surface area contributed by atoms with Gasteiger partial charge in [0.25, 0.3) is 0 Å². The van der Waals surface area contributed by atoms with Crippen LogP contribution in [-0.4, -0.2) is 59.7 Å². The summed E-state index contributed by atoms with van der Waals surface area (Å²) >= 11 is 0. The monoisotopic (exact) mass is 491 g/mol. The molecule has 0 aromatic heterocycles. The van der Waals surface area contributed by atoms with Crippen LogP contribution in [-0.2, 0) is 14.4 Å². The Morgan fingerprint density at radius 1 is 0.857 bits per heavy atom. The van der Waals surface area contributed by atoms with Crippen LogP contribution in [0.5, 0.6) is 0 Å². The van der Waals surface area contributed by atoms with Crippen molar-refractivity contribution in [2.45, 2.75) is 89.5 Å². The Balaban J connectivity index is 1.93. The molecule has 0 saturated heterocycles. The first-order valence-corrected chi connectivity index (χ1v) is 12.8. The molecule has 9 nitrogen and oxygen atoms in total. The molecule has 0 aliphatic heterocycles. The number of carboxylic acid groups (broad SMARTS) is 1. The van der Waals surface area contributed by atoms with Crippen molar-refractivity contribution in [1.29, 1.82) is 0 Å². The number of anilines is 1. The van der Waals surface area contributed by atoms with E-state index in [0.29, 0.717) is 37.0 Å². The second-order valence-corrected chi connectivity index (χ2v) is 8.90. The van der Waals surface area contributed by atoms with Gasteiger partial charge >= 0.3 is 13.1 Å². The van der Waals surface area contributed by atoms with Crippen molar-refractivity contribution in [3.05, 3.63) is 24.3 Å². The van der Waals surface area contributed by atoms with Crippen molar-refractivity contribution in [2.75, 3.05) is 18.9 Å². The first kappa shape index (κ1) is 30.6. The third-order valence-electron chi connectivity index (χ3n) is 5.91. The molecule has 1 rings (SSSR count). The molecule has 2 amide bonds. The van der Waals surface area contributed by atoms with Gasteiger partial charge < -0.3 is 31.1 Å². The SMILES string of the molecule is CNC(CCCCNC(=O)CCCCCCCCCCC(=O)Nc1cccc(B(O)O)c1)C(=O)O. The third-order valence-corrected chi connectivity index (χ3v) is 5.91. The number of hydrogen-bond donors (Lipinski definition) is 6. The number of amides is 2. The van der Waals surface area contributed by atoms with Gasteiger partial charge in [-0.25, -0.2) is 0 Å². The molecular weight excluding hydrogens is 449 g/mol. The maximum absolute atomic E-state index is 12.0. The van der Waals surface area contributed by atoms with Gasteiger partial charge in [0.1, 0.15) is 6.04 Å². The van der Waals surface area contributed by atoms with Gasteiger partial charge in [-0.2, -0.15) is 0 Å². The largest absolute Gasteiger partial charge is 0.488 e. The van der Waals surface area contributed by atoms with Crippen LogP contribution in [0.25, 0.3) is 0 Å². The fourth-order valence-corrected chi connectivity index (χ4v) is 3.81. The van der Waals surface area contributed by atoms with Gasteiger partial charge in [-0.05, 0) is 56.7 Å². The fourth-order valence-electron chi connectivity index (χ4n) is 3.81. The maximum atomic E-state index is 12.0. The van der Waals surface area contributed by atoms with E-state index in [1.807, 2.05) is 0 Å². The Hall–Kier alpha value is -2.43. The molecule has 0 spiro atoms. The minimum Gasteiger partial charge on any atom is -0.480 e. The van der Waals surface area contributed by atoms with Crippen LogP contribution in [0.2, 0.25) is 0 Å². The van der Waals surface area contributed by atoms with E-state index in [1.54, 1.807) is 31.3 Å². The van der Waals surface area contributed by atoms with Crippen LogP contribution < -0.4 is 21.4 Å². The molecule has 10 heteroatoms. The quantitative estimate of drug-likeness (QED) is 0.121. The maximum Gasteiger partial charge on any atom is 0.488 e. The number of nitrogens with one attached hydrogen (secondary N) is 3. The average Bonchev–Trinajstić information content (AvgIpc) is 2.82. The molecule has 0 bridgehead atoms. The van der Waals surface area contributed by atoms with Gasteiger partial charge in [0.15, 0.2) is 0 Å². The summed E-state index contributed by atoms with van der Waals surface area (Å²) in [6, 6.07) is 6.01. The topological polar surface area (TPSA) is 148 Å². The van der Waals surface area contributed by atoms with Crippen LogP contribution in [0.3, 0.4) is 0 Å². The predicted octanol–water partition coefficient (Wildman–Crippen LogP) is 2.16. The Bertz CT molecular complexity index is 762. The van der Waals surface area contributed by atoms with E-state index in [-0.39, 0.29) is 11.8 Å². The summed E-state index contributed by atoms with van der Waals surface area (Å²) in [5.74, 6) is -0.856. The smallest absolute Gasteiger partial charge is 0.480 e. The Labute approximate surface area is 209 Å². The van der Waals surface area contributed by atoms with Gasteiger partial charge in [0.05, 0.1) is 0 Å². The van der Waals surface area contributed by atoms with Crippen LogP contribution in [0.4, 0.5) is 5.69 Å². The predicted molar refractivity (Wildman–Crippen MR) is 138 cm³/mol. The minimum absolute atomic E-state index is 0.0611. The van der Waals surface area contributed by atoms with E-state index in [2.05, 4.69) is 16.0 Å². The van der Waals surface area contributed by atoms with E-state index in [4.69, 9.17) is 5.11 Å². The highest BCUT2D eigenvalue weighted by atomic mass is 16.4. The molecule has 35 heavy (non-hydrogen) atoms. The number of unbranched alkanes of at least 4 members (excludes halogenated alkanes) is 8. The van der Waals surface area contributed by atoms with Crippen molar-refractivity contribution in [3.8, 4) is 0 Å². The minimum atomic E-state index is -1.55. The summed E-state index contributed by atoms with van der Waals surface area (Å²) in [6.45, 7) is 0.588. The number of carbonyl (C=O) groups is 3. The highest BCUT2D eigenvalue weighted by Gasteiger charge is 2.13. The van der Waals surface area contributed by atoms with E-state index in [9.17, 15) is 24.4 Å². The molecular formula is C25H42BN3O6. The summed E-state index contributed by atoms with van der Waals surface area (Å²) < 4.78 is 0. The number of likely N-dealkylation sites (N-methyl/N-ethyl adjacent to an activating group) is 1. The molecule has 0 radical (unpaired) electrons. The summed E-state index contributed by atoms with van der Waals surface area (Å²) in [4.78, 5) is 34.8. The van der Waals surface area contributed by atoms with E-state index in [1.165, 1.54) is 0 Å². The summed E-state index contributed by atoms with van der Waals surface area (Å²) in [5, 5.41) is 35.8. The number of aliphatic carboxylic acids is 1. The fraction of sp³-hybridized carbons (Fsp3) is 0.640. The van der Waals surface area contributed by atoms with Gasteiger partial charge in [0.2, 0.25) is 11.8 Å². The first-order valence-electron chi connectivity index (χ1n) is 12.8. The van der Waals surface area contributed by atoms with Crippen LogP contribution in [0, 0.1) is 0 Å². The number of benzene rings is 1. The number of carbonyl (C=O) groups excluding carboxylic acids is 2. The second kappa shape index (κ2) is 18.8. The highest BCUT2D eigenvalue weighted by Crippen LogP contribution is 2.12. The molecule has 0 heterocycles. The normalized spacial score (nSPS) is 11.6. The Kier molecular flexibility index (Phi) is 16.5. The van der Waals surface area contributed by atoms with Crippen LogP contribution >= 0.6 is 0 Å². The highest BCUT2D eigenvalue weighted by molar-refractivity contribution is 6.58. The van der Waals surface area contributed by atoms with Crippen molar-refractivity contribution in [3.63, 3.8) is 0 Å². The zero-order valence-corrected chi connectivity index (χ0v) is 20.9. The lowest BCUT2D eigenvalue weighted by Gasteiger charge is -2.10. The average molecular weight is 491 g/mol. The van der Waals surface area contributed by atoms with Crippen LogP contribution in [0.15, 0.2) is 24.3 Å². The Morgan fingerprint density at radius 2 is 1.46 bits per heavy atom. The van der Waals surface area contributed by atoms with E-state index < -0.39 is 19.1 Å². The molecule has 1 unspecified atom stereocenters. The van der Waals surface area contributed by atoms with Gasteiger partial charge in [-0.1, -0.05) is 50.7 Å². The molecule has 1 atom stereocenters. The number of rotatable bonds is 20. The zero-order valence-electron chi connectivity index (χ0n) is 20.9. The summed E-state index contributed by atoms with van der Waals surface area (Å²) in [6.07, 6.45) is 11.2. The third kappa shape index (κ3) is 15.2. The van der Waals surface area contributed by atoms with Crippen LogP contribution in [0.1, 0.15) is 83.5 Å². The first-order chi connectivity index (χ1) is 16.8. The van der Waals surface area contributed by atoms with Gasteiger partial charge in [-0.15, -0.1) is 0 Å². The number of carboxylic acids is 1. The molecule has 0 saturated carbocycles. The standard InChI is InChI=1S/C25H42BN3O6/c1-27-22(25(32)33)15-10-11-18-28-23(30)16-8-6-4-2-3-5-7-9-17-24(31)29-21-14-12-13-20(19-21)26(34)35/h12-14,19,22,27,34-35H,2-11,15-18H2,1H3,(H,28,30)(H,29,31)(H,32,33).